The second kappa shape index (κ2) is 5.66. The smallest absolute Gasteiger partial charge is 0.0363 e. The molecule has 0 heterocycles. The number of hydrogen-bond acceptors (Lipinski definition) is 2. The second-order valence-electron chi connectivity index (χ2n) is 3.46. The maximum atomic E-state index is 3.31. The summed E-state index contributed by atoms with van der Waals surface area (Å²) in [5.74, 6) is 0. The van der Waals surface area contributed by atoms with E-state index < -0.39 is 0 Å². The van der Waals surface area contributed by atoms with Crippen molar-refractivity contribution >= 4 is 5.69 Å². The minimum Gasteiger partial charge on any atom is -0.375 e. The molecule has 0 aliphatic carbocycles. The summed E-state index contributed by atoms with van der Waals surface area (Å²) >= 11 is 0. The highest BCUT2D eigenvalue weighted by Crippen LogP contribution is 2.13. The van der Waals surface area contributed by atoms with Crippen LogP contribution in [0.1, 0.15) is 19.4 Å². The Bertz CT molecular complexity index is 254. The molecule has 0 saturated carbocycles. The van der Waals surface area contributed by atoms with Crippen LogP contribution in [0.2, 0.25) is 0 Å². The van der Waals surface area contributed by atoms with Gasteiger partial charge in [-0.1, -0.05) is 19.1 Å². The van der Waals surface area contributed by atoms with E-state index in [1.807, 2.05) is 0 Å². The van der Waals surface area contributed by atoms with Crippen molar-refractivity contribution in [2.24, 2.45) is 0 Å². The zero-order valence-electron chi connectivity index (χ0n) is 9.38. The van der Waals surface area contributed by atoms with Crippen molar-refractivity contribution in [3.8, 4) is 0 Å². The quantitative estimate of drug-likeness (QED) is 0.769. The topological polar surface area (TPSA) is 15.3 Å². The minimum absolute atomic E-state index is 0.965. The highest BCUT2D eigenvalue weighted by atomic mass is 15.1. The molecule has 1 N–H and O–H groups in total. The van der Waals surface area contributed by atoms with Crippen molar-refractivity contribution in [3.05, 3.63) is 29.8 Å². The fourth-order valence-electron chi connectivity index (χ4n) is 1.32. The van der Waals surface area contributed by atoms with Gasteiger partial charge in [-0.05, 0) is 31.2 Å². The minimum atomic E-state index is 0.965. The van der Waals surface area contributed by atoms with Crippen molar-refractivity contribution in [2.75, 3.05) is 25.0 Å². The molecule has 1 aromatic rings. The first kappa shape index (κ1) is 11.1. The van der Waals surface area contributed by atoms with Crippen LogP contribution in [0.3, 0.4) is 0 Å². The van der Waals surface area contributed by atoms with Crippen LogP contribution in [0.15, 0.2) is 24.3 Å². The highest BCUT2D eigenvalue weighted by Gasteiger charge is 1.97. The van der Waals surface area contributed by atoms with Crippen molar-refractivity contribution in [1.82, 2.24) is 5.32 Å². The summed E-state index contributed by atoms with van der Waals surface area (Å²) in [6, 6.07) is 8.72. The summed E-state index contributed by atoms with van der Waals surface area (Å²) in [4.78, 5) is 2.23. The van der Waals surface area contributed by atoms with Gasteiger partial charge < -0.3 is 10.2 Å². The molecule has 1 rings (SSSR count). The molecule has 2 nitrogen and oxygen atoms in total. The SMILES string of the molecule is CCNCc1ccc(N(C)CC)cc1. The predicted molar refractivity (Wildman–Crippen MR) is 62.8 cm³/mol. The van der Waals surface area contributed by atoms with E-state index in [9.17, 15) is 0 Å². The summed E-state index contributed by atoms with van der Waals surface area (Å²) in [5, 5.41) is 3.31. The van der Waals surface area contributed by atoms with Crippen molar-refractivity contribution in [2.45, 2.75) is 20.4 Å². The molecule has 0 spiro atoms. The van der Waals surface area contributed by atoms with Crippen molar-refractivity contribution in [3.63, 3.8) is 0 Å². The molecular weight excluding hydrogens is 172 g/mol. The van der Waals surface area contributed by atoms with Crippen LogP contribution >= 0.6 is 0 Å². The zero-order valence-corrected chi connectivity index (χ0v) is 9.38. The molecule has 0 aromatic heterocycles. The lowest BCUT2D eigenvalue weighted by Crippen LogP contribution is -2.16. The largest absolute Gasteiger partial charge is 0.375 e. The molecule has 0 aliphatic rings. The molecule has 2 heteroatoms. The van der Waals surface area contributed by atoms with E-state index in [2.05, 4.69) is 55.4 Å². The Morgan fingerprint density at radius 1 is 1.14 bits per heavy atom. The number of hydrogen-bond donors (Lipinski definition) is 1. The average molecular weight is 192 g/mol. The first-order chi connectivity index (χ1) is 6.77. The van der Waals surface area contributed by atoms with Gasteiger partial charge in [0.1, 0.15) is 0 Å². The van der Waals surface area contributed by atoms with Gasteiger partial charge in [-0.3, -0.25) is 0 Å². The summed E-state index contributed by atoms with van der Waals surface area (Å²) < 4.78 is 0. The van der Waals surface area contributed by atoms with Crippen LogP contribution in [-0.4, -0.2) is 20.1 Å². The van der Waals surface area contributed by atoms with E-state index in [0.717, 1.165) is 19.6 Å². The highest BCUT2D eigenvalue weighted by molar-refractivity contribution is 5.46. The zero-order chi connectivity index (χ0) is 10.4. The van der Waals surface area contributed by atoms with Gasteiger partial charge in [0.25, 0.3) is 0 Å². The Kier molecular flexibility index (Phi) is 4.47. The Morgan fingerprint density at radius 2 is 1.79 bits per heavy atom. The predicted octanol–water partition coefficient (Wildman–Crippen LogP) is 2.25. The van der Waals surface area contributed by atoms with Gasteiger partial charge in [-0.2, -0.15) is 0 Å². The van der Waals surface area contributed by atoms with Gasteiger partial charge in [0.15, 0.2) is 0 Å². The molecule has 0 amide bonds. The van der Waals surface area contributed by atoms with Crippen LogP contribution < -0.4 is 10.2 Å². The molecule has 0 saturated heterocycles. The van der Waals surface area contributed by atoms with Crippen LogP contribution in [-0.2, 0) is 6.54 Å². The maximum Gasteiger partial charge on any atom is 0.0363 e. The summed E-state index contributed by atoms with van der Waals surface area (Å²) in [5.41, 5.74) is 2.63. The third-order valence-corrected chi connectivity index (χ3v) is 2.43. The molecule has 0 aliphatic heterocycles. The Balaban J connectivity index is 2.59. The molecule has 0 unspecified atom stereocenters. The van der Waals surface area contributed by atoms with E-state index in [-0.39, 0.29) is 0 Å². The van der Waals surface area contributed by atoms with Crippen LogP contribution in [0.4, 0.5) is 5.69 Å². The fourth-order valence-corrected chi connectivity index (χ4v) is 1.32. The average Bonchev–Trinajstić information content (AvgIpc) is 2.26. The maximum absolute atomic E-state index is 3.31. The van der Waals surface area contributed by atoms with Gasteiger partial charge in [0, 0.05) is 25.8 Å². The Hall–Kier alpha value is -1.02. The van der Waals surface area contributed by atoms with Crippen LogP contribution in [0, 0.1) is 0 Å². The second-order valence-corrected chi connectivity index (χ2v) is 3.46. The number of anilines is 1. The third kappa shape index (κ3) is 3.04. The normalized spacial score (nSPS) is 10.2. The number of nitrogens with zero attached hydrogens (tertiary/aromatic N) is 1. The number of benzene rings is 1. The number of nitrogens with one attached hydrogen (secondary N) is 1. The Morgan fingerprint density at radius 3 is 2.29 bits per heavy atom. The van der Waals surface area contributed by atoms with Gasteiger partial charge in [0.2, 0.25) is 0 Å². The van der Waals surface area contributed by atoms with E-state index in [4.69, 9.17) is 0 Å². The summed E-state index contributed by atoms with van der Waals surface area (Å²) in [7, 11) is 2.11. The molecule has 78 valence electrons. The lowest BCUT2D eigenvalue weighted by molar-refractivity contribution is 0.727. The molecule has 0 radical (unpaired) electrons. The van der Waals surface area contributed by atoms with E-state index in [0.29, 0.717) is 0 Å². The lowest BCUT2D eigenvalue weighted by atomic mass is 10.2. The first-order valence-electron chi connectivity index (χ1n) is 5.28. The van der Waals surface area contributed by atoms with Crippen molar-refractivity contribution in [1.29, 1.82) is 0 Å². The monoisotopic (exact) mass is 192 g/mol. The van der Waals surface area contributed by atoms with Gasteiger partial charge in [0.05, 0.1) is 0 Å². The summed E-state index contributed by atoms with van der Waals surface area (Å²) in [6.07, 6.45) is 0. The standard InChI is InChI=1S/C12H20N2/c1-4-13-10-11-6-8-12(9-7-11)14(3)5-2/h6-9,13H,4-5,10H2,1-3H3. The van der Waals surface area contributed by atoms with Crippen LogP contribution in [0.25, 0.3) is 0 Å². The molecular formula is C12H20N2. The van der Waals surface area contributed by atoms with Gasteiger partial charge in [-0.15, -0.1) is 0 Å². The van der Waals surface area contributed by atoms with Crippen LogP contribution in [0.5, 0.6) is 0 Å². The molecule has 0 fully saturated rings. The van der Waals surface area contributed by atoms with Gasteiger partial charge in [-0.25, -0.2) is 0 Å². The molecule has 14 heavy (non-hydrogen) atoms. The van der Waals surface area contributed by atoms with Gasteiger partial charge >= 0.3 is 0 Å². The number of rotatable bonds is 5. The third-order valence-electron chi connectivity index (χ3n) is 2.43. The fraction of sp³-hybridized carbons (Fsp3) is 0.500. The lowest BCUT2D eigenvalue weighted by Gasteiger charge is -2.16. The Labute approximate surface area is 86.9 Å². The molecule has 0 atom stereocenters. The molecule has 0 bridgehead atoms. The van der Waals surface area contributed by atoms with E-state index in [1.54, 1.807) is 0 Å². The van der Waals surface area contributed by atoms with E-state index in [1.165, 1.54) is 11.3 Å². The van der Waals surface area contributed by atoms with Crippen molar-refractivity contribution < 1.29 is 0 Å². The molecule has 1 aromatic carbocycles. The first-order valence-corrected chi connectivity index (χ1v) is 5.28. The summed E-state index contributed by atoms with van der Waals surface area (Å²) in [6.45, 7) is 7.32. The van der Waals surface area contributed by atoms with E-state index >= 15 is 0 Å².